The first-order chi connectivity index (χ1) is 17.5. The van der Waals surface area contributed by atoms with E-state index in [1.165, 1.54) is 23.1 Å². The lowest BCUT2D eigenvalue weighted by molar-refractivity contribution is 0.0440. The minimum atomic E-state index is -3.82. The third-order valence-electron chi connectivity index (χ3n) is 6.73. The normalized spacial score (nSPS) is 17.4. The Morgan fingerprint density at radius 2 is 1.76 bits per heavy atom. The van der Waals surface area contributed by atoms with E-state index in [9.17, 15) is 13.2 Å². The number of benzene rings is 2. The Morgan fingerprint density at radius 1 is 1.11 bits per heavy atom. The van der Waals surface area contributed by atoms with E-state index in [1.807, 2.05) is 0 Å². The van der Waals surface area contributed by atoms with Gasteiger partial charge in [0.2, 0.25) is 0 Å². The Balaban J connectivity index is 0.000000542. The molecule has 0 bridgehead atoms. The van der Waals surface area contributed by atoms with Crippen LogP contribution in [-0.4, -0.2) is 77.0 Å². The molecule has 1 aromatic carbocycles. The Hall–Kier alpha value is -2.66. The first-order valence-electron chi connectivity index (χ1n) is 12.5. The van der Waals surface area contributed by atoms with Gasteiger partial charge in [0.05, 0.1) is 13.7 Å². The van der Waals surface area contributed by atoms with Crippen LogP contribution >= 0.6 is 0 Å². The Labute approximate surface area is 220 Å². The van der Waals surface area contributed by atoms with Crippen LogP contribution in [0.5, 0.6) is 11.5 Å². The second-order valence-electron chi connectivity index (χ2n) is 9.62. The van der Waals surface area contributed by atoms with E-state index in [0.29, 0.717) is 50.6 Å². The van der Waals surface area contributed by atoms with Crippen LogP contribution in [0, 0.1) is 5.92 Å². The number of carbonyl (C=O) groups excluding carboxylic acids is 1. The van der Waals surface area contributed by atoms with Gasteiger partial charge in [0, 0.05) is 50.5 Å². The fourth-order valence-corrected chi connectivity index (χ4v) is 6.05. The van der Waals surface area contributed by atoms with Crippen molar-refractivity contribution >= 4 is 15.7 Å². The largest absolute Gasteiger partial charge is 0.493 e. The molecule has 204 valence electrons. The fourth-order valence-electron chi connectivity index (χ4n) is 4.59. The van der Waals surface area contributed by atoms with Gasteiger partial charge in [-0.2, -0.15) is 0 Å². The molecule has 0 spiro atoms. The number of hydrogen-bond acceptors (Lipinski definition) is 8. The van der Waals surface area contributed by atoms with Gasteiger partial charge in [-0.25, -0.2) is 8.42 Å². The molecule has 1 aromatic rings. The third-order valence-corrected chi connectivity index (χ3v) is 8.45. The summed E-state index contributed by atoms with van der Waals surface area (Å²) >= 11 is 0. The molecular weight excluding hydrogens is 494 g/mol. The summed E-state index contributed by atoms with van der Waals surface area (Å²) in [6, 6.07) is 12.8. The third kappa shape index (κ3) is 6.26. The summed E-state index contributed by atoms with van der Waals surface area (Å²) in [6.07, 6.45) is 2.33. The van der Waals surface area contributed by atoms with Crippen molar-refractivity contribution in [1.29, 1.82) is 0 Å². The maximum atomic E-state index is 13.6. The number of fused-ring (bicyclic) bond motifs is 1. The lowest BCUT2D eigenvalue weighted by Gasteiger charge is -2.45. The van der Waals surface area contributed by atoms with Crippen molar-refractivity contribution in [1.82, 2.24) is 10.2 Å². The van der Waals surface area contributed by atoms with E-state index in [2.05, 4.69) is 29.6 Å². The maximum Gasteiger partial charge on any atom is 0.256 e. The van der Waals surface area contributed by atoms with Gasteiger partial charge in [-0.3, -0.25) is 10.5 Å². The first-order valence-corrected chi connectivity index (χ1v) is 14.4. The molecule has 0 radical (unpaired) electrons. The smallest absolute Gasteiger partial charge is 0.256 e. The highest BCUT2D eigenvalue weighted by Gasteiger charge is 2.53. The van der Waals surface area contributed by atoms with Crippen molar-refractivity contribution in [3.8, 4) is 22.6 Å². The molecule has 9 nitrogen and oxygen atoms in total. The molecular formula is C27H39N3O6S. The molecule has 1 amide bonds. The summed E-state index contributed by atoms with van der Waals surface area (Å²) in [5.74, 6) is -0.0130. The molecule has 1 heterocycles. The average Bonchev–Trinajstić information content (AvgIpc) is 3.39. The summed E-state index contributed by atoms with van der Waals surface area (Å²) in [7, 11) is -0.689. The predicted octanol–water partition coefficient (Wildman–Crippen LogP) is 2.89. The average molecular weight is 534 g/mol. The lowest BCUT2D eigenvalue weighted by atomic mass is 9.95. The Bertz CT molecular complexity index is 1140. The highest BCUT2D eigenvalue weighted by Crippen LogP contribution is 2.35. The van der Waals surface area contributed by atoms with E-state index in [1.54, 1.807) is 39.2 Å². The molecule has 1 saturated heterocycles. The molecule has 4 rings (SSSR count). The number of nitrogens with one attached hydrogen (secondary N) is 1. The molecule has 2 atom stereocenters. The molecule has 10 heteroatoms. The maximum absolute atomic E-state index is 13.6. The minimum Gasteiger partial charge on any atom is -0.493 e. The van der Waals surface area contributed by atoms with Crippen LogP contribution in [0.15, 0.2) is 42.5 Å². The van der Waals surface area contributed by atoms with Crippen LogP contribution in [0.1, 0.15) is 37.0 Å². The van der Waals surface area contributed by atoms with Gasteiger partial charge in [-0.05, 0) is 56.1 Å². The van der Waals surface area contributed by atoms with Crippen LogP contribution in [-0.2, 0) is 14.6 Å². The van der Waals surface area contributed by atoms with E-state index < -0.39 is 32.7 Å². The second-order valence-corrected chi connectivity index (χ2v) is 11.8. The topological polar surface area (TPSA) is 120 Å². The number of hydrogen-bond donors (Lipinski definition) is 2. The van der Waals surface area contributed by atoms with Gasteiger partial charge < -0.3 is 24.4 Å². The van der Waals surface area contributed by atoms with Gasteiger partial charge in [0.15, 0.2) is 26.3 Å². The Kier molecular flexibility index (Phi) is 9.57. The number of nitrogens with zero attached hydrogens (tertiary/aromatic N) is 1. The van der Waals surface area contributed by atoms with Crippen LogP contribution in [0.3, 0.4) is 0 Å². The van der Waals surface area contributed by atoms with Crippen LogP contribution in [0.25, 0.3) is 11.1 Å². The highest BCUT2D eigenvalue weighted by atomic mass is 32.2. The molecule has 0 aromatic heterocycles. The van der Waals surface area contributed by atoms with Crippen molar-refractivity contribution in [3.05, 3.63) is 48.0 Å². The number of nitrogens with two attached hydrogens (primary N) is 1. The van der Waals surface area contributed by atoms with Crippen LogP contribution in [0.4, 0.5) is 0 Å². The van der Waals surface area contributed by atoms with Gasteiger partial charge in [-0.15, -0.1) is 0 Å². The van der Waals surface area contributed by atoms with Gasteiger partial charge in [0.25, 0.3) is 5.91 Å². The lowest BCUT2D eigenvalue weighted by Crippen LogP contribution is -2.69. The quantitative estimate of drug-likeness (QED) is 0.285. The molecule has 0 saturated carbocycles. The molecule has 1 aliphatic heterocycles. The van der Waals surface area contributed by atoms with Crippen molar-refractivity contribution in [2.75, 3.05) is 46.8 Å². The first kappa shape index (κ1) is 28.9. The van der Waals surface area contributed by atoms with Crippen LogP contribution < -0.4 is 20.5 Å². The van der Waals surface area contributed by atoms with E-state index in [-0.39, 0.29) is 5.56 Å². The summed E-state index contributed by atoms with van der Waals surface area (Å²) in [5.41, 5.74) is 9.71. The van der Waals surface area contributed by atoms with E-state index in [4.69, 9.17) is 19.9 Å². The number of ether oxygens (including phenoxy) is 3. The number of sulfone groups is 1. The van der Waals surface area contributed by atoms with Crippen molar-refractivity contribution in [2.24, 2.45) is 11.7 Å². The highest BCUT2D eigenvalue weighted by molar-refractivity contribution is 7.92. The zero-order valence-electron chi connectivity index (χ0n) is 22.3. The zero-order chi connectivity index (χ0) is 27.2. The SMILES string of the molecule is COCCCOc1cc(C(=O)N(C(C)C)C(N)([C@H]2CCNC2)S(C)(=O)=O)ccc1OC.c1cc2ccc1-2. The molecule has 1 unspecified atom stereocenters. The molecule has 2 aliphatic carbocycles. The molecule has 37 heavy (non-hydrogen) atoms. The minimum absolute atomic E-state index is 0.278. The number of carbonyl (C=O) groups is 1. The summed E-state index contributed by atoms with van der Waals surface area (Å²) in [5, 5.41) is 3.15. The van der Waals surface area contributed by atoms with E-state index in [0.717, 1.165) is 6.26 Å². The summed E-state index contributed by atoms with van der Waals surface area (Å²) in [6.45, 7) is 5.53. The van der Waals surface area contributed by atoms with Crippen molar-refractivity contribution < 1.29 is 27.4 Å². The Morgan fingerprint density at radius 3 is 2.19 bits per heavy atom. The fraction of sp³-hybridized carbons (Fsp3) is 0.519. The zero-order valence-corrected chi connectivity index (χ0v) is 23.1. The number of amides is 1. The molecule has 1 fully saturated rings. The van der Waals surface area contributed by atoms with Crippen LogP contribution in [0.2, 0.25) is 0 Å². The summed E-state index contributed by atoms with van der Waals surface area (Å²) in [4.78, 5) is 13.1. The molecule has 3 N–H and O–H groups in total. The summed E-state index contributed by atoms with van der Waals surface area (Å²) < 4.78 is 41.9. The van der Waals surface area contributed by atoms with Gasteiger partial charge >= 0.3 is 0 Å². The van der Waals surface area contributed by atoms with E-state index >= 15 is 0 Å². The number of rotatable bonds is 11. The second kappa shape index (κ2) is 12.3. The number of methoxy groups -OCH3 is 2. The monoisotopic (exact) mass is 533 g/mol. The van der Waals surface area contributed by atoms with Crippen molar-refractivity contribution in [2.45, 2.75) is 37.7 Å². The standard InChI is InChI=1S/C21H35N3O6S.C6H4/c1-15(2)24(21(22,31(5,26)27)17-9-10-23-14-17)20(25)16-7-8-18(29-4)19(13-16)30-12-6-11-28-3;1-2-6-4-3-5(1)6/h7-8,13,15,17,23H,6,9-12,14,22H2,1-5H3;1-4H/t17-,21?;/m0./s1. The van der Waals surface area contributed by atoms with Gasteiger partial charge in [0.1, 0.15) is 0 Å². The predicted molar refractivity (Wildman–Crippen MR) is 144 cm³/mol. The van der Waals surface area contributed by atoms with Crippen molar-refractivity contribution in [3.63, 3.8) is 0 Å². The van der Waals surface area contributed by atoms with Gasteiger partial charge in [-0.1, -0.05) is 24.3 Å². The molecule has 3 aliphatic rings.